The summed E-state index contributed by atoms with van der Waals surface area (Å²) in [7, 11) is 0. The first kappa shape index (κ1) is 21.5. The Kier molecular flexibility index (Phi) is 6.19. The van der Waals surface area contributed by atoms with Crippen molar-refractivity contribution in [2.45, 2.75) is 26.3 Å². The van der Waals surface area contributed by atoms with Crippen LogP contribution >= 0.6 is 0 Å². The minimum absolute atomic E-state index is 0.00281. The second-order valence-electron chi connectivity index (χ2n) is 8.17. The number of hydrogen-bond acceptors (Lipinski definition) is 4. The molecule has 7 nitrogen and oxygen atoms in total. The molecule has 2 aromatic rings. The summed E-state index contributed by atoms with van der Waals surface area (Å²) in [5.74, 6) is -1.22. The van der Waals surface area contributed by atoms with Gasteiger partial charge in [0.05, 0.1) is 11.9 Å². The van der Waals surface area contributed by atoms with Gasteiger partial charge in [0, 0.05) is 43.3 Å². The lowest BCUT2D eigenvalue weighted by atomic mass is 10.1. The van der Waals surface area contributed by atoms with Crippen molar-refractivity contribution in [3.63, 3.8) is 0 Å². The van der Waals surface area contributed by atoms with Gasteiger partial charge in [-0.05, 0) is 45.0 Å². The molecule has 3 amide bonds. The lowest BCUT2D eigenvalue weighted by molar-refractivity contribution is 0.0745. The maximum Gasteiger partial charge on any atom is 0.319 e. The summed E-state index contributed by atoms with van der Waals surface area (Å²) in [6.45, 7) is 7.57. The van der Waals surface area contributed by atoms with Crippen molar-refractivity contribution in [3.8, 4) is 0 Å². The predicted molar refractivity (Wildman–Crippen MR) is 111 cm³/mol. The van der Waals surface area contributed by atoms with Gasteiger partial charge >= 0.3 is 6.03 Å². The van der Waals surface area contributed by atoms with Gasteiger partial charge in [0.2, 0.25) is 0 Å². The van der Waals surface area contributed by atoms with Crippen LogP contribution in [0.4, 0.5) is 25.1 Å². The number of benzene rings is 1. The van der Waals surface area contributed by atoms with E-state index in [-0.39, 0.29) is 17.1 Å². The summed E-state index contributed by atoms with van der Waals surface area (Å²) < 4.78 is 26.7. The number of rotatable bonds is 3. The molecule has 1 fully saturated rings. The number of nitrogens with one attached hydrogen (secondary N) is 2. The Morgan fingerprint density at radius 3 is 2.17 bits per heavy atom. The van der Waals surface area contributed by atoms with Crippen molar-refractivity contribution in [3.05, 3.63) is 53.7 Å². The zero-order valence-corrected chi connectivity index (χ0v) is 17.2. The Labute approximate surface area is 174 Å². The highest BCUT2D eigenvalue weighted by Gasteiger charge is 2.23. The van der Waals surface area contributed by atoms with Gasteiger partial charge in [-0.15, -0.1) is 0 Å². The van der Waals surface area contributed by atoms with E-state index in [0.717, 1.165) is 24.0 Å². The quantitative estimate of drug-likeness (QED) is 0.804. The fourth-order valence-corrected chi connectivity index (χ4v) is 3.15. The van der Waals surface area contributed by atoms with Crippen LogP contribution in [0.25, 0.3) is 0 Å². The maximum absolute atomic E-state index is 13.4. The van der Waals surface area contributed by atoms with Crippen LogP contribution in [0, 0.1) is 11.6 Å². The third kappa shape index (κ3) is 5.65. The average molecular weight is 417 g/mol. The summed E-state index contributed by atoms with van der Waals surface area (Å²) in [6.07, 6.45) is 1.57. The molecule has 1 aliphatic heterocycles. The molecule has 0 unspecified atom stereocenters. The summed E-state index contributed by atoms with van der Waals surface area (Å²) in [5, 5.41) is 5.54. The van der Waals surface area contributed by atoms with E-state index < -0.39 is 17.5 Å². The van der Waals surface area contributed by atoms with Crippen molar-refractivity contribution in [2.75, 3.05) is 36.4 Å². The lowest BCUT2D eigenvalue weighted by Crippen LogP contribution is -2.49. The van der Waals surface area contributed by atoms with Gasteiger partial charge in [-0.1, -0.05) is 0 Å². The molecule has 0 bridgehead atoms. The minimum Gasteiger partial charge on any atom is -0.353 e. The summed E-state index contributed by atoms with van der Waals surface area (Å²) in [5.41, 5.74) is 0.233. The highest BCUT2D eigenvalue weighted by molar-refractivity contribution is 5.94. The fraction of sp³-hybridized carbons (Fsp3) is 0.381. The van der Waals surface area contributed by atoms with E-state index >= 15 is 0 Å². The molecule has 3 rings (SSSR count). The van der Waals surface area contributed by atoms with E-state index in [9.17, 15) is 18.4 Å². The van der Waals surface area contributed by atoms with Crippen LogP contribution in [0.15, 0.2) is 36.5 Å². The first-order valence-corrected chi connectivity index (χ1v) is 9.66. The minimum atomic E-state index is -0.772. The number of nitrogens with zero attached hydrogens (tertiary/aromatic N) is 3. The summed E-state index contributed by atoms with van der Waals surface area (Å²) >= 11 is 0. The van der Waals surface area contributed by atoms with Crippen molar-refractivity contribution in [2.24, 2.45) is 0 Å². The van der Waals surface area contributed by atoms with E-state index in [2.05, 4.69) is 15.6 Å². The smallest absolute Gasteiger partial charge is 0.319 e. The Bertz CT molecular complexity index is 900. The summed E-state index contributed by atoms with van der Waals surface area (Å²) in [4.78, 5) is 32.4. The maximum atomic E-state index is 13.4. The van der Waals surface area contributed by atoms with Crippen LogP contribution in [0.1, 0.15) is 31.1 Å². The average Bonchev–Trinajstić information content (AvgIpc) is 2.66. The van der Waals surface area contributed by atoms with E-state index in [1.54, 1.807) is 23.2 Å². The molecular formula is C21H25F2N5O2. The van der Waals surface area contributed by atoms with Gasteiger partial charge in [-0.3, -0.25) is 4.79 Å². The molecule has 160 valence electrons. The first-order valence-electron chi connectivity index (χ1n) is 9.66. The molecule has 1 aliphatic rings. The number of piperazine rings is 1. The molecule has 0 radical (unpaired) electrons. The van der Waals surface area contributed by atoms with E-state index in [1.807, 2.05) is 25.7 Å². The molecule has 2 heterocycles. The number of hydrogen-bond donors (Lipinski definition) is 2. The molecule has 0 saturated carbocycles. The Morgan fingerprint density at radius 1 is 1.00 bits per heavy atom. The van der Waals surface area contributed by atoms with E-state index in [4.69, 9.17) is 0 Å². The van der Waals surface area contributed by atoms with E-state index in [0.29, 0.717) is 31.9 Å². The first-order chi connectivity index (χ1) is 14.1. The third-order valence-corrected chi connectivity index (χ3v) is 4.49. The van der Waals surface area contributed by atoms with Crippen molar-refractivity contribution in [1.82, 2.24) is 15.2 Å². The van der Waals surface area contributed by atoms with Gasteiger partial charge in [-0.25, -0.2) is 18.6 Å². The topological polar surface area (TPSA) is 77.6 Å². The summed E-state index contributed by atoms with van der Waals surface area (Å²) in [6, 6.07) is 6.08. The van der Waals surface area contributed by atoms with Crippen LogP contribution in [-0.2, 0) is 0 Å². The van der Waals surface area contributed by atoms with Gasteiger partial charge in [0.15, 0.2) is 0 Å². The normalized spacial score (nSPS) is 14.4. The van der Waals surface area contributed by atoms with E-state index in [1.165, 1.54) is 0 Å². The standard InChI is InChI=1S/C21H25F2N5O2/c1-21(2,3)26-20(30)25-17-4-5-18(24-13-17)27-6-8-28(9-7-27)19(29)14-10-15(22)12-16(23)11-14/h4-5,10-13H,6-9H2,1-3H3,(H2,25,26,30). The van der Waals surface area contributed by atoms with Crippen LogP contribution in [-0.4, -0.2) is 53.5 Å². The zero-order chi connectivity index (χ0) is 21.9. The molecule has 9 heteroatoms. The molecule has 0 aliphatic carbocycles. The predicted octanol–water partition coefficient (Wildman–Crippen LogP) is 3.24. The number of carbonyl (C=O) groups is 2. The second kappa shape index (κ2) is 8.64. The largest absolute Gasteiger partial charge is 0.353 e. The molecule has 2 N–H and O–H groups in total. The van der Waals surface area contributed by atoms with Crippen LogP contribution in [0.5, 0.6) is 0 Å². The number of anilines is 2. The zero-order valence-electron chi connectivity index (χ0n) is 17.2. The second-order valence-corrected chi connectivity index (χ2v) is 8.17. The van der Waals surface area contributed by atoms with Crippen molar-refractivity contribution in [1.29, 1.82) is 0 Å². The van der Waals surface area contributed by atoms with Gasteiger partial charge in [0.25, 0.3) is 5.91 Å². The molecular weight excluding hydrogens is 392 g/mol. The molecule has 1 aromatic heterocycles. The highest BCUT2D eigenvalue weighted by Crippen LogP contribution is 2.18. The van der Waals surface area contributed by atoms with Crippen molar-refractivity contribution < 1.29 is 18.4 Å². The lowest BCUT2D eigenvalue weighted by Gasteiger charge is -2.35. The molecule has 30 heavy (non-hydrogen) atoms. The number of urea groups is 1. The van der Waals surface area contributed by atoms with Gasteiger partial charge in [-0.2, -0.15) is 0 Å². The Balaban J connectivity index is 1.56. The monoisotopic (exact) mass is 417 g/mol. The van der Waals surface area contributed by atoms with Crippen molar-refractivity contribution >= 4 is 23.4 Å². The number of amides is 3. The van der Waals surface area contributed by atoms with Crippen LogP contribution in [0.2, 0.25) is 0 Å². The molecule has 0 atom stereocenters. The van der Waals surface area contributed by atoms with Gasteiger partial charge in [0.1, 0.15) is 17.5 Å². The molecule has 0 spiro atoms. The Morgan fingerprint density at radius 2 is 1.63 bits per heavy atom. The Hall–Kier alpha value is -3.23. The number of aromatic nitrogens is 1. The highest BCUT2D eigenvalue weighted by atomic mass is 19.1. The fourth-order valence-electron chi connectivity index (χ4n) is 3.15. The SMILES string of the molecule is CC(C)(C)NC(=O)Nc1ccc(N2CCN(C(=O)c3cc(F)cc(F)c3)CC2)nc1. The van der Waals surface area contributed by atoms with Gasteiger partial charge < -0.3 is 20.4 Å². The molecule has 1 aromatic carbocycles. The number of pyridine rings is 1. The third-order valence-electron chi connectivity index (χ3n) is 4.49. The molecule has 1 saturated heterocycles. The van der Waals surface area contributed by atoms with Crippen LogP contribution < -0.4 is 15.5 Å². The number of halogens is 2. The van der Waals surface area contributed by atoms with Crippen LogP contribution in [0.3, 0.4) is 0 Å². The number of carbonyl (C=O) groups excluding carboxylic acids is 2.